The van der Waals surface area contributed by atoms with Gasteiger partial charge in [-0.3, -0.25) is 4.79 Å². The Labute approximate surface area is 149 Å². The number of rotatable bonds is 3. The summed E-state index contributed by atoms with van der Waals surface area (Å²) in [5.41, 5.74) is 0.644. The van der Waals surface area contributed by atoms with Crippen molar-refractivity contribution in [1.82, 2.24) is 9.88 Å². The van der Waals surface area contributed by atoms with Gasteiger partial charge in [-0.15, -0.1) is 0 Å². The van der Waals surface area contributed by atoms with Crippen LogP contribution in [0.1, 0.15) is 44.0 Å². The fourth-order valence-corrected chi connectivity index (χ4v) is 3.66. The first-order valence-corrected chi connectivity index (χ1v) is 8.92. The molecule has 3 rings (SSSR count). The molecule has 1 amide bonds. The molecule has 0 saturated carbocycles. The van der Waals surface area contributed by atoms with Gasteiger partial charge in [-0.25, -0.2) is 4.98 Å². The molecule has 0 bridgehead atoms. The van der Waals surface area contributed by atoms with Crippen LogP contribution in [0.25, 0.3) is 0 Å². The highest BCUT2D eigenvalue weighted by atomic mass is 16.5. The van der Waals surface area contributed by atoms with E-state index < -0.39 is 0 Å². The van der Waals surface area contributed by atoms with Gasteiger partial charge >= 0.3 is 0 Å². The Balaban J connectivity index is 1.85. The molecule has 1 saturated heterocycles. The third-order valence-electron chi connectivity index (χ3n) is 4.66. The number of hydrogen-bond donors (Lipinski definition) is 0. The lowest BCUT2D eigenvalue weighted by molar-refractivity contribution is 0.0703. The average molecular weight is 338 g/mol. The number of carbonyl (C=O) groups is 1. The van der Waals surface area contributed by atoms with Gasteiger partial charge in [-0.2, -0.15) is 0 Å². The van der Waals surface area contributed by atoms with Gasteiger partial charge in [0.1, 0.15) is 11.3 Å². The molecule has 0 N–H and O–H groups in total. The number of nitrogens with zero attached hydrogens (tertiary/aromatic N) is 2. The van der Waals surface area contributed by atoms with E-state index in [1.165, 1.54) is 0 Å². The predicted octanol–water partition coefficient (Wildman–Crippen LogP) is 4.77. The SMILES string of the molecule is CC1CCN(C(=O)c2cccnc2Oc2ccccc2)CC(C)(C)C1. The lowest BCUT2D eigenvalue weighted by atomic mass is 9.83. The number of benzene rings is 1. The van der Waals surface area contributed by atoms with E-state index in [0.717, 1.165) is 25.9 Å². The molecule has 2 heterocycles. The molecule has 1 aromatic heterocycles. The van der Waals surface area contributed by atoms with E-state index >= 15 is 0 Å². The number of ether oxygens (including phenoxy) is 1. The highest BCUT2D eigenvalue weighted by molar-refractivity contribution is 5.96. The molecule has 1 unspecified atom stereocenters. The van der Waals surface area contributed by atoms with E-state index in [2.05, 4.69) is 25.8 Å². The molecule has 1 aliphatic rings. The van der Waals surface area contributed by atoms with Crippen molar-refractivity contribution in [1.29, 1.82) is 0 Å². The molecule has 0 radical (unpaired) electrons. The number of amides is 1. The summed E-state index contributed by atoms with van der Waals surface area (Å²) in [5.74, 6) is 1.68. The topological polar surface area (TPSA) is 42.4 Å². The smallest absolute Gasteiger partial charge is 0.259 e. The molecule has 4 heteroatoms. The van der Waals surface area contributed by atoms with Gasteiger partial charge < -0.3 is 9.64 Å². The van der Waals surface area contributed by atoms with Crippen LogP contribution in [0.4, 0.5) is 0 Å². The first-order chi connectivity index (χ1) is 11.9. The van der Waals surface area contributed by atoms with Gasteiger partial charge in [-0.05, 0) is 48.4 Å². The van der Waals surface area contributed by atoms with Gasteiger partial charge in [0.25, 0.3) is 5.91 Å². The Kier molecular flexibility index (Phi) is 5.07. The zero-order chi connectivity index (χ0) is 17.9. The minimum atomic E-state index is 0.00112. The summed E-state index contributed by atoms with van der Waals surface area (Å²) in [4.78, 5) is 19.4. The van der Waals surface area contributed by atoms with Crippen molar-refractivity contribution in [3.05, 3.63) is 54.2 Å². The summed E-state index contributed by atoms with van der Waals surface area (Å²) in [6.07, 6.45) is 3.82. The third-order valence-corrected chi connectivity index (χ3v) is 4.66. The number of para-hydroxylation sites is 1. The summed E-state index contributed by atoms with van der Waals surface area (Å²) in [6.45, 7) is 8.28. The maximum absolute atomic E-state index is 13.2. The zero-order valence-corrected chi connectivity index (χ0v) is 15.2. The second-order valence-corrected chi connectivity index (χ2v) is 7.76. The first-order valence-electron chi connectivity index (χ1n) is 8.92. The maximum atomic E-state index is 13.2. The maximum Gasteiger partial charge on any atom is 0.259 e. The van der Waals surface area contributed by atoms with Crippen molar-refractivity contribution < 1.29 is 9.53 Å². The fraction of sp³-hybridized carbons (Fsp3) is 0.429. The average Bonchev–Trinajstić information content (AvgIpc) is 2.72. The van der Waals surface area contributed by atoms with Gasteiger partial charge in [0, 0.05) is 19.3 Å². The summed E-state index contributed by atoms with van der Waals surface area (Å²) >= 11 is 0. The highest BCUT2D eigenvalue weighted by Crippen LogP contribution is 2.33. The van der Waals surface area contributed by atoms with Crippen LogP contribution >= 0.6 is 0 Å². The Morgan fingerprint density at radius 1 is 1.20 bits per heavy atom. The molecule has 132 valence electrons. The second kappa shape index (κ2) is 7.26. The minimum absolute atomic E-state index is 0.00112. The van der Waals surface area contributed by atoms with Gasteiger partial charge in [-0.1, -0.05) is 39.0 Å². The van der Waals surface area contributed by atoms with E-state index in [1.807, 2.05) is 35.2 Å². The Bertz CT molecular complexity index is 728. The van der Waals surface area contributed by atoms with E-state index in [1.54, 1.807) is 18.3 Å². The van der Waals surface area contributed by atoms with Crippen molar-refractivity contribution >= 4 is 5.91 Å². The molecule has 0 aliphatic carbocycles. The van der Waals surface area contributed by atoms with Crippen molar-refractivity contribution in [3.63, 3.8) is 0 Å². The number of likely N-dealkylation sites (tertiary alicyclic amines) is 1. The Morgan fingerprint density at radius 3 is 2.72 bits per heavy atom. The summed E-state index contributed by atoms with van der Waals surface area (Å²) < 4.78 is 5.87. The molecule has 4 nitrogen and oxygen atoms in total. The largest absolute Gasteiger partial charge is 0.438 e. The van der Waals surface area contributed by atoms with E-state index in [9.17, 15) is 4.79 Å². The molecule has 1 fully saturated rings. The highest BCUT2D eigenvalue weighted by Gasteiger charge is 2.31. The van der Waals surface area contributed by atoms with Crippen LogP contribution in [-0.4, -0.2) is 28.9 Å². The van der Waals surface area contributed by atoms with E-state index in [0.29, 0.717) is 23.1 Å². The lowest BCUT2D eigenvalue weighted by Crippen LogP contribution is -2.37. The first kappa shape index (κ1) is 17.5. The van der Waals surface area contributed by atoms with Crippen molar-refractivity contribution in [2.45, 2.75) is 33.6 Å². The van der Waals surface area contributed by atoms with Crippen molar-refractivity contribution in [3.8, 4) is 11.6 Å². The minimum Gasteiger partial charge on any atom is -0.438 e. The Morgan fingerprint density at radius 2 is 1.96 bits per heavy atom. The number of pyridine rings is 1. The quantitative estimate of drug-likeness (QED) is 0.809. The zero-order valence-electron chi connectivity index (χ0n) is 15.2. The monoisotopic (exact) mass is 338 g/mol. The standard InChI is InChI=1S/C21H26N2O2/c1-16-11-13-23(15-21(2,3)14-16)20(24)18-10-7-12-22-19(18)25-17-8-5-4-6-9-17/h4-10,12,16H,11,13-15H2,1-3H3. The van der Waals surface area contributed by atoms with Crippen molar-refractivity contribution in [2.24, 2.45) is 11.3 Å². The molecule has 1 aliphatic heterocycles. The van der Waals surface area contributed by atoms with Crippen LogP contribution in [0.2, 0.25) is 0 Å². The summed E-state index contributed by atoms with van der Waals surface area (Å²) in [5, 5.41) is 0. The number of carbonyl (C=O) groups excluding carboxylic acids is 1. The predicted molar refractivity (Wildman–Crippen MR) is 98.8 cm³/mol. The molecule has 1 aromatic carbocycles. The molecule has 2 aromatic rings. The summed E-state index contributed by atoms with van der Waals surface area (Å²) in [6, 6.07) is 13.0. The Hall–Kier alpha value is -2.36. The second-order valence-electron chi connectivity index (χ2n) is 7.76. The fourth-order valence-electron chi connectivity index (χ4n) is 3.66. The molecular formula is C21H26N2O2. The number of aromatic nitrogens is 1. The van der Waals surface area contributed by atoms with Crippen LogP contribution in [0.15, 0.2) is 48.7 Å². The normalized spacial score (nSPS) is 20.0. The van der Waals surface area contributed by atoms with Crippen LogP contribution in [0, 0.1) is 11.3 Å². The van der Waals surface area contributed by atoms with Gasteiger partial charge in [0.05, 0.1) is 0 Å². The van der Waals surface area contributed by atoms with Crippen molar-refractivity contribution in [2.75, 3.05) is 13.1 Å². The lowest BCUT2D eigenvalue weighted by Gasteiger charge is -2.30. The van der Waals surface area contributed by atoms with Gasteiger partial charge in [0.2, 0.25) is 5.88 Å². The van der Waals surface area contributed by atoms with Crippen LogP contribution < -0.4 is 4.74 Å². The van der Waals surface area contributed by atoms with Gasteiger partial charge in [0.15, 0.2) is 0 Å². The van der Waals surface area contributed by atoms with E-state index in [-0.39, 0.29) is 11.3 Å². The van der Waals surface area contributed by atoms with Crippen LogP contribution in [-0.2, 0) is 0 Å². The molecule has 0 spiro atoms. The third kappa shape index (κ3) is 4.38. The number of hydrogen-bond acceptors (Lipinski definition) is 3. The molecular weight excluding hydrogens is 312 g/mol. The van der Waals surface area contributed by atoms with E-state index in [4.69, 9.17) is 4.74 Å². The molecule has 1 atom stereocenters. The van der Waals surface area contributed by atoms with Crippen LogP contribution in [0.5, 0.6) is 11.6 Å². The van der Waals surface area contributed by atoms with Crippen LogP contribution in [0.3, 0.4) is 0 Å². The summed E-state index contributed by atoms with van der Waals surface area (Å²) in [7, 11) is 0. The molecule has 25 heavy (non-hydrogen) atoms.